The molecule has 1 saturated carbocycles. The third kappa shape index (κ3) is 8.93. The van der Waals surface area contributed by atoms with Gasteiger partial charge in [-0.3, -0.25) is 9.59 Å². The first-order valence-corrected chi connectivity index (χ1v) is 12.2. The summed E-state index contributed by atoms with van der Waals surface area (Å²) in [7, 11) is 0. The molecule has 0 radical (unpaired) electrons. The summed E-state index contributed by atoms with van der Waals surface area (Å²) in [5, 5.41) is 7.72. The summed E-state index contributed by atoms with van der Waals surface area (Å²) in [6, 6.07) is 15.0. The third-order valence-electron chi connectivity index (χ3n) is 5.03. The summed E-state index contributed by atoms with van der Waals surface area (Å²) in [5.74, 6) is 1.04. The molecule has 2 N–H and O–H groups in total. The smallest absolute Gasteiger partial charge is 0.258 e. The zero-order chi connectivity index (χ0) is 22.6. The highest BCUT2D eigenvalue weighted by Gasteiger charge is 2.15. The van der Waals surface area contributed by atoms with Crippen molar-refractivity contribution in [3.63, 3.8) is 0 Å². The van der Waals surface area contributed by atoms with E-state index in [1.807, 2.05) is 36.4 Å². The lowest BCUT2D eigenvalue weighted by Crippen LogP contribution is -2.38. The average molecular weight is 474 g/mol. The molecule has 2 aromatic rings. The number of carbonyl (C=O) groups is 2. The van der Waals surface area contributed by atoms with Crippen molar-refractivity contribution in [1.82, 2.24) is 10.7 Å². The molecule has 2 amide bonds. The van der Waals surface area contributed by atoms with Gasteiger partial charge in [0.15, 0.2) is 6.61 Å². The first-order valence-electron chi connectivity index (χ1n) is 10.8. The van der Waals surface area contributed by atoms with Crippen molar-refractivity contribution in [2.24, 2.45) is 5.10 Å². The fourth-order valence-electron chi connectivity index (χ4n) is 3.34. The maximum absolute atomic E-state index is 12.0. The quantitative estimate of drug-likeness (QED) is 0.295. The number of hydrazone groups is 1. The van der Waals surface area contributed by atoms with E-state index >= 15 is 0 Å². The van der Waals surface area contributed by atoms with Crippen LogP contribution >= 0.6 is 23.4 Å². The molecule has 0 bridgehead atoms. The Morgan fingerprint density at radius 2 is 1.75 bits per heavy atom. The van der Waals surface area contributed by atoms with Gasteiger partial charge >= 0.3 is 0 Å². The average Bonchev–Trinajstić information content (AvgIpc) is 2.80. The van der Waals surface area contributed by atoms with Gasteiger partial charge in [0.2, 0.25) is 5.91 Å². The number of thioether (sulfide) groups is 1. The minimum Gasteiger partial charge on any atom is -0.484 e. The number of benzene rings is 2. The SMILES string of the molecule is O=C(CCSc1ccc(Cl)cc1)N/N=C\c1ccc(OCC(=O)NC2CCCCC2)cc1. The molecule has 1 fully saturated rings. The summed E-state index contributed by atoms with van der Waals surface area (Å²) >= 11 is 7.45. The zero-order valence-electron chi connectivity index (χ0n) is 17.9. The molecule has 1 aliphatic rings. The first-order chi connectivity index (χ1) is 15.6. The maximum atomic E-state index is 12.0. The molecular weight excluding hydrogens is 446 g/mol. The molecule has 0 unspecified atom stereocenters. The fraction of sp³-hybridized carbons (Fsp3) is 0.375. The molecule has 0 atom stereocenters. The Bertz CT molecular complexity index is 898. The Morgan fingerprint density at radius 3 is 2.47 bits per heavy atom. The van der Waals surface area contributed by atoms with Gasteiger partial charge in [-0.1, -0.05) is 30.9 Å². The van der Waals surface area contributed by atoms with Gasteiger partial charge in [-0.25, -0.2) is 5.43 Å². The molecule has 0 aliphatic heterocycles. The highest BCUT2D eigenvalue weighted by molar-refractivity contribution is 7.99. The molecule has 0 heterocycles. The van der Waals surface area contributed by atoms with Gasteiger partial charge in [0.25, 0.3) is 5.91 Å². The normalized spacial score (nSPS) is 14.3. The summed E-state index contributed by atoms with van der Waals surface area (Å²) in [5.41, 5.74) is 3.35. The lowest BCUT2D eigenvalue weighted by Gasteiger charge is -2.22. The third-order valence-corrected chi connectivity index (χ3v) is 6.30. The molecule has 8 heteroatoms. The molecule has 2 aromatic carbocycles. The van der Waals surface area contributed by atoms with Crippen molar-refractivity contribution in [2.75, 3.05) is 12.4 Å². The first kappa shape index (κ1) is 24.1. The molecule has 1 aliphatic carbocycles. The van der Waals surface area contributed by atoms with Crippen LogP contribution in [0, 0.1) is 0 Å². The van der Waals surface area contributed by atoms with E-state index in [0.717, 1.165) is 23.3 Å². The van der Waals surface area contributed by atoms with Gasteiger partial charge in [0.05, 0.1) is 6.21 Å². The van der Waals surface area contributed by atoms with Crippen molar-refractivity contribution in [1.29, 1.82) is 0 Å². The van der Waals surface area contributed by atoms with E-state index in [4.69, 9.17) is 16.3 Å². The lowest BCUT2D eigenvalue weighted by atomic mass is 9.95. The predicted octanol–water partition coefficient (Wildman–Crippen LogP) is 4.80. The molecular formula is C24H28ClN3O3S. The number of carbonyl (C=O) groups excluding carboxylic acids is 2. The number of hydrogen-bond acceptors (Lipinski definition) is 5. The van der Waals surface area contributed by atoms with Crippen LogP contribution in [0.25, 0.3) is 0 Å². The van der Waals surface area contributed by atoms with Crippen LogP contribution in [-0.4, -0.2) is 36.4 Å². The van der Waals surface area contributed by atoms with Crippen molar-refractivity contribution in [3.05, 3.63) is 59.1 Å². The number of rotatable bonds is 10. The van der Waals surface area contributed by atoms with Gasteiger partial charge in [-0.2, -0.15) is 5.10 Å². The summed E-state index contributed by atoms with van der Waals surface area (Å²) in [6.45, 7) is 0.00796. The second kappa shape index (κ2) is 13.1. The molecule has 0 spiro atoms. The highest BCUT2D eigenvalue weighted by atomic mass is 35.5. The van der Waals surface area contributed by atoms with Crippen LogP contribution in [0.3, 0.4) is 0 Å². The van der Waals surface area contributed by atoms with E-state index in [9.17, 15) is 9.59 Å². The number of halogens is 1. The summed E-state index contributed by atoms with van der Waals surface area (Å²) in [6.07, 6.45) is 7.65. The van der Waals surface area contributed by atoms with E-state index in [-0.39, 0.29) is 24.5 Å². The summed E-state index contributed by atoms with van der Waals surface area (Å²) in [4.78, 5) is 25.0. The molecule has 170 valence electrons. The van der Waals surface area contributed by atoms with Crippen molar-refractivity contribution in [2.45, 2.75) is 49.5 Å². The minimum absolute atomic E-state index is 0.00796. The fourth-order valence-corrected chi connectivity index (χ4v) is 4.32. The topological polar surface area (TPSA) is 79.8 Å². The van der Waals surface area contributed by atoms with Crippen LogP contribution in [0.15, 0.2) is 58.5 Å². The molecule has 3 rings (SSSR count). The number of nitrogens with one attached hydrogen (secondary N) is 2. The largest absolute Gasteiger partial charge is 0.484 e. The lowest BCUT2D eigenvalue weighted by molar-refractivity contribution is -0.124. The Balaban J connectivity index is 1.32. The summed E-state index contributed by atoms with van der Waals surface area (Å²) < 4.78 is 5.56. The second-order valence-electron chi connectivity index (χ2n) is 7.61. The van der Waals surface area contributed by atoms with Crippen molar-refractivity contribution in [3.8, 4) is 5.75 Å². The number of ether oxygens (including phenoxy) is 1. The number of nitrogens with zero attached hydrogens (tertiary/aromatic N) is 1. The van der Waals surface area contributed by atoms with E-state index in [1.165, 1.54) is 19.3 Å². The van der Waals surface area contributed by atoms with Gasteiger partial charge in [0.1, 0.15) is 5.75 Å². The van der Waals surface area contributed by atoms with Crippen LogP contribution in [0.4, 0.5) is 0 Å². The van der Waals surface area contributed by atoms with Crippen molar-refractivity contribution < 1.29 is 14.3 Å². The van der Waals surface area contributed by atoms with Crippen LogP contribution in [0.2, 0.25) is 5.02 Å². The van der Waals surface area contributed by atoms with E-state index in [1.54, 1.807) is 30.1 Å². The Morgan fingerprint density at radius 1 is 1.03 bits per heavy atom. The molecule has 0 aromatic heterocycles. The van der Waals surface area contributed by atoms with Crippen LogP contribution in [0.5, 0.6) is 5.75 Å². The van der Waals surface area contributed by atoms with E-state index < -0.39 is 0 Å². The zero-order valence-corrected chi connectivity index (χ0v) is 19.5. The van der Waals surface area contributed by atoms with Gasteiger partial charge < -0.3 is 10.1 Å². The van der Waals surface area contributed by atoms with Crippen LogP contribution < -0.4 is 15.5 Å². The number of amides is 2. The standard InChI is InChI=1S/C24H28ClN3O3S/c25-19-8-12-22(13-9-19)32-15-14-23(29)28-26-16-18-6-10-21(11-7-18)31-17-24(30)27-20-4-2-1-3-5-20/h6-13,16,20H,1-5,14-15,17H2,(H,27,30)(H,28,29)/b26-16-. The number of hydrogen-bond donors (Lipinski definition) is 2. The van der Waals surface area contributed by atoms with E-state index in [2.05, 4.69) is 15.8 Å². The Kier molecular flexibility index (Phi) is 9.91. The van der Waals surface area contributed by atoms with Gasteiger partial charge in [-0.05, 0) is 66.9 Å². The molecule has 6 nitrogen and oxygen atoms in total. The van der Waals surface area contributed by atoms with Crippen molar-refractivity contribution >= 4 is 41.4 Å². The predicted molar refractivity (Wildman–Crippen MR) is 129 cm³/mol. The highest BCUT2D eigenvalue weighted by Crippen LogP contribution is 2.21. The van der Waals surface area contributed by atoms with Crippen LogP contribution in [0.1, 0.15) is 44.1 Å². The molecule has 32 heavy (non-hydrogen) atoms. The Hall–Kier alpha value is -2.51. The maximum Gasteiger partial charge on any atom is 0.258 e. The van der Waals surface area contributed by atoms with Gasteiger partial charge in [-0.15, -0.1) is 11.8 Å². The Labute approximate surface area is 198 Å². The molecule has 0 saturated heterocycles. The minimum atomic E-state index is -0.147. The monoisotopic (exact) mass is 473 g/mol. The second-order valence-corrected chi connectivity index (χ2v) is 9.21. The van der Waals surface area contributed by atoms with Crippen LogP contribution in [-0.2, 0) is 9.59 Å². The van der Waals surface area contributed by atoms with Gasteiger partial charge in [0, 0.05) is 28.1 Å². The van der Waals surface area contributed by atoms with E-state index in [0.29, 0.717) is 22.9 Å².